The van der Waals surface area contributed by atoms with Crippen molar-refractivity contribution in [2.75, 3.05) is 0 Å². The number of rotatable bonds is 1. The van der Waals surface area contributed by atoms with Crippen LogP contribution in [-0.2, 0) is 4.79 Å². The van der Waals surface area contributed by atoms with E-state index in [1.54, 1.807) is 13.8 Å². The van der Waals surface area contributed by atoms with Gasteiger partial charge in [-0.25, -0.2) is 0 Å². The number of hydrogen-bond donors (Lipinski definition) is 0. The number of carbonyl (C=O) groups excluding carboxylic acids is 1. The van der Waals surface area contributed by atoms with Crippen LogP contribution in [0.1, 0.15) is 20.8 Å². The Morgan fingerprint density at radius 1 is 1.22 bits per heavy atom. The molecule has 0 aliphatic carbocycles. The van der Waals surface area contributed by atoms with E-state index >= 15 is 0 Å². The number of allylic oxidation sites excluding steroid dienone is 1. The van der Waals surface area contributed by atoms with Gasteiger partial charge in [-0.2, -0.15) is 0 Å². The van der Waals surface area contributed by atoms with Crippen molar-refractivity contribution in [3.8, 4) is 0 Å². The van der Waals surface area contributed by atoms with Crippen LogP contribution in [0, 0.1) is 0 Å². The maximum atomic E-state index is 9.97. The quantitative estimate of drug-likeness (QED) is 0.275. The molecule has 46 valence electrons. The van der Waals surface area contributed by atoms with Gasteiger partial charge in [0.05, 0.1) is 5.97 Å². The van der Waals surface area contributed by atoms with Gasteiger partial charge in [-0.3, -0.25) is 0 Å². The molecule has 0 aliphatic rings. The van der Waals surface area contributed by atoms with Gasteiger partial charge in [0, 0.05) is 0 Å². The summed E-state index contributed by atoms with van der Waals surface area (Å²) in [5.41, 5.74) is 1.12. The SMILES string of the molecule is CC(C)=C(C)C(=O)[O-].[Li+]. The monoisotopic (exact) mass is 120 g/mol. The Bertz CT molecular complexity index is 134. The van der Waals surface area contributed by atoms with Crippen LogP contribution in [-0.4, -0.2) is 5.97 Å². The van der Waals surface area contributed by atoms with Gasteiger partial charge < -0.3 is 9.90 Å². The van der Waals surface area contributed by atoms with E-state index in [1.807, 2.05) is 0 Å². The average molecular weight is 120 g/mol. The summed E-state index contributed by atoms with van der Waals surface area (Å²) >= 11 is 0. The first-order valence-corrected chi connectivity index (χ1v) is 2.41. The smallest absolute Gasteiger partial charge is 0.545 e. The second kappa shape index (κ2) is 4.66. The average Bonchev–Trinajstić information content (AvgIpc) is 1.64. The third-order valence-electron chi connectivity index (χ3n) is 1.06. The summed E-state index contributed by atoms with van der Waals surface area (Å²) < 4.78 is 0. The summed E-state index contributed by atoms with van der Waals surface area (Å²) in [5.74, 6) is -1.08. The molecule has 0 amide bonds. The van der Waals surface area contributed by atoms with Crippen LogP contribution in [0.4, 0.5) is 0 Å². The fourth-order valence-corrected chi connectivity index (χ4v) is 0.204. The molecule has 0 saturated carbocycles. The van der Waals surface area contributed by atoms with E-state index in [0.717, 1.165) is 5.57 Å². The van der Waals surface area contributed by atoms with Crippen LogP contribution in [0.3, 0.4) is 0 Å². The van der Waals surface area contributed by atoms with Gasteiger partial charge in [-0.15, -0.1) is 0 Å². The summed E-state index contributed by atoms with van der Waals surface area (Å²) in [6.07, 6.45) is 0. The molecule has 0 aromatic rings. The first-order valence-electron chi connectivity index (χ1n) is 2.41. The van der Waals surface area contributed by atoms with E-state index in [2.05, 4.69) is 0 Å². The summed E-state index contributed by atoms with van der Waals surface area (Å²) in [4.78, 5) is 9.97. The molecule has 0 unspecified atom stereocenters. The van der Waals surface area contributed by atoms with Crippen molar-refractivity contribution in [3.63, 3.8) is 0 Å². The van der Waals surface area contributed by atoms with Gasteiger partial charge in [-0.1, -0.05) is 5.57 Å². The topological polar surface area (TPSA) is 40.1 Å². The molecule has 0 N–H and O–H groups in total. The molecule has 2 nitrogen and oxygen atoms in total. The zero-order valence-electron chi connectivity index (χ0n) is 6.32. The first-order chi connectivity index (χ1) is 3.55. The minimum Gasteiger partial charge on any atom is -0.545 e. The molecular formula is C6H9LiO2. The van der Waals surface area contributed by atoms with Crippen LogP contribution < -0.4 is 24.0 Å². The summed E-state index contributed by atoms with van der Waals surface area (Å²) in [6.45, 7) is 5.01. The third-order valence-corrected chi connectivity index (χ3v) is 1.06. The fraction of sp³-hybridized carbons (Fsp3) is 0.500. The van der Waals surface area contributed by atoms with Gasteiger partial charge >= 0.3 is 18.9 Å². The second-order valence-corrected chi connectivity index (χ2v) is 1.91. The number of carbonyl (C=O) groups is 1. The predicted octanol–water partition coefficient (Wildman–Crippen LogP) is -2.90. The Morgan fingerprint density at radius 2 is 1.56 bits per heavy atom. The van der Waals surface area contributed by atoms with E-state index < -0.39 is 5.97 Å². The van der Waals surface area contributed by atoms with E-state index in [9.17, 15) is 9.90 Å². The number of aliphatic carboxylic acids is 1. The predicted molar refractivity (Wildman–Crippen MR) is 29.1 cm³/mol. The van der Waals surface area contributed by atoms with E-state index in [4.69, 9.17) is 0 Å². The Hall–Kier alpha value is -0.193. The van der Waals surface area contributed by atoms with Gasteiger partial charge in [0.1, 0.15) is 0 Å². The van der Waals surface area contributed by atoms with Crippen molar-refractivity contribution < 1.29 is 28.8 Å². The maximum absolute atomic E-state index is 9.97. The molecule has 0 aliphatic heterocycles. The number of carboxylic acids is 1. The van der Waals surface area contributed by atoms with Crippen molar-refractivity contribution in [2.24, 2.45) is 0 Å². The van der Waals surface area contributed by atoms with Gasteiger partial charge in [0.2, 0.25) is 0 Å². The van der Waals surface area contributed by atoms with E-state index in [1.165, 1.54) is 6.92 Å². The van der Waals surface area contributed by atoms with Crippen LogP contribution in [0.15, 0.2) is 11.1 Å². The van der Waals surface area contributed by atoms with Crippen molar-refractivity contribution in [3.05, 3.63) is 11.1 Å². The second-order valence-electron chi connectivity index (χ2n) is 1.91. The van der Waals surface area contributed by atoms with Crippen LogP contribution in [0.5, 0.6) is 0 Å². The van der Waals surface area contributed by atoms with Crippen LogP contribution in [0.25, 0.3) is 0 Å². The van der Waals surface area contributed by atoms with Crippen molar-refractivity contribution in [2.45, 2.75) is 20.8 Å². The normalized spacial score (nSPS) is 7.44. The molecule has 0 radical (unpaired) electrons. The standard InChI is InChI=1S/C6H10O2.Li/c1-4(2)5(3)6(7)8;/h1-3H3,(H,7,8);/q;+1/p-1. The summed E-state index contributed by atoms with van der Waals surface area (Å²) in [6, 6.07) is 0. The Balaban J connectivity index is 0. The molecule has 0 aromatic carbocycles. The molecule has 9 heavy (non-hydrogen) atoms. The molecule has 0 aromatic heterocycles. The van der Waals surface area contributed by atoms with Crippen LogP contribution in [0.2, 0.25) is 0 Å². The van der Waals surface area contributed by atoms with Gasteiger partial charge in [0.25, 0.3) is 0 Å². The molecular weight excluding hydrogens is 111 g/mol. The molecule has 0 fully saturated rings. The summed E-state index contributed by atoms with van der Waals surface area (Å²) in [7, 11) is 0. The zero-order valence-corrected chi connectivity index (χ0v) is 6.32. The molecule has 3 heteroatoms. The Kier molecular flexibility index (Phi) is 6.00. The van der Waals surface area contributed by atoms with E-state index in [-0.39, 0.29) is 18.9 Å². The van der Waals surface area contributed by atoms with Gasteiger partial charge in [0.15, 0.2) is 0 Å². The number of hydrogen-bond acceptors (Lipinski definition) is 2. The van der Waals surface area contributed by atoms with Crippen molar-refractivity contribution in [1.82, 2.24) is 0 Å². The molecule has 0 atom stereocenters. The number of carboxylic acid groups (broad SMARTS) is 1. The molecule has 0 spiro atoms. The molecule has 0 heterocycles. The third kappa shape index (κ3) is 4.32. The molecule has 0 saturated heterocycles. The maximum Gasteiger partial charge on any atom is 1.00 e. The minimum atomic E-state index is -1.08. The molecule has 0 bridgehead atoms. The van der Waals surface area contributed by atoms with Gasteiger partial charge in [-0.05, 0) is 26.3 Å². The Labute approximate surface area is 67.1 Å². The first kappa shape index (κ1) is 11.6. The Morgan fingerprint density at radius 3 is 1.56 bits per heavy atom. The largest absolute Gasteiger partial charge is 1.00 e. The van der Waals surface area contributed by atoms with Crippen molar-refractivity contribution in [1.29, 1.82) is 0 Å². The minimum absolute atomic E-state index is 0. The van der Waals surface area contributed by atoms with E-state index in [0.29, 0.717) is 5.57 Å². The zero-order chi connectivity index (χ0) is 6.73. The fourth-order valence-electron chi connectivity index (χ4n) is 0.204. The van der Waals surface area contributed by atoms with Crippen LogP contribution >= 0.6 is 0 Å². The molecule has 0 rings (SSSR count). The van der Waals surface area contributed by atoms with Crippen molar-refractivity contribution >= 4 is 5.97 Å². The summed E-state index contributed by atoms with van der Waals surface area (Å²) in [5, 5.41) is 9.97.